The predicted octanol–water partition coefficient (Wildman–Crippen LogP) is 6.58. The summed E-state index contributed by atoms with van der Waals surface area (Å²) < 4.78 is 0. The van der Waals surface area contributed by atoms with Crippen molar-refractivity contribution in [2.45, 2.75) is 88.4 Å². The second-order valence-electron chi connectivity index (χ2n) is 14.6. The number of H-pyrrole nitrogens is 2. The van der Waals surface area contributed by atoms with Crippen LogP contribution >= 0.6 is 0 Å². The molecule has 4 atom stereocenters. The van der Waals surface area contributed by atoms with Crippen LogP contribution in [0.2, 0.25) is 0 Å². The molecular formula is C40H50N8O2. The molecule has 4 saturated heterocycles. The van der Waals surface area contributed by atoms with E-state index in [9.17, 15) is 9.59 Å². The fourth-order valence-electron chi connectivity index (χ4n) is 8.87. The quantitative estimate of drug-likeness (QED) is 0.208. The fraction of sp³-hybridized carbons (Fsp3) is 0.500. The van der Waals surface area contributed by atoms with Gasteiger partial charge in [-0.15, -0.1) is 0 Å². The molecule has 4 aliphatic rings. The van der Waals surface area contributed by atoms with Crippen molar-refractivity contribution in [1.82, 2.24) is 39.5 Å². The molecule has 6 heterocycles. The topological polar surface area (TPSA) is 104 Å². The largest absolute Gasteiger partial charge is 0.339 e. The Bertz CT molecular complexity index is 1600. The summed E-state index contributed by atoms with van der Waals surface area (Å²) in [5, 5.41) is 0. The van der Waals surface area contributed by atoms with Gasteiger partial charge in [0.1, 0.15) is 23.7 Å². The summed E-state index contributed by atoms with van der Waals surface area (Å²) in [6, 6.07) is 19.8. The number of likely N-dealkylation sites (tertiary alicyclic amines) is 4. The van der Waals surface area contributed by atoms with Crippen molar-refractivity contribution in [2.75, 3.05) is 39.3 Å². The number of nitrogens with zero attached hydrogens (tertiary/aromatic N) is 6. The van der Waals surface area contributed by atoms with Crippen molar-refractivity contribution in [3.8, 4) is 11.4 Å². The first-order valence-corrected chi connectivity index (χ1v) is 18.9. The molecule has 10 heteroatoms. The maximum absolute atomic E-state index is 14.4. The van der Waals surface area contributed by atoms with Gasteiger partial charge >= 0.3 is 0 Å². The minimum absolute atomic E-state index is 0.0951. The Hall–Kier alpha value is -4.28. The lowest BCUT2D eigenvalue weighted by atomic mass is 10.00. The molecule has 8 rings (SSSR count). The molecule has 2 amide bonds. The molecule has 0 saturated carbocycles. The van der Waals surface area contributed by atoms with Crippen LogP contribution in [0.15, 0.2) is 73.1 Å². The lowest BCUT2D eigenvalue weighted by Gasteiger charge is -2.37. The second kappa shape index (κ2) is 14.9. The van der Waals surface area contributed by atoms with Gasteiger partial charge in [-0.25, -0.2) is 9.97 Å². The molecule has 50 heavy (non-hydrogen) atoms. The molecule has 10 nitrogen and oxygen atoms in total. The number of nitrogens with one attached hydrogen (secondary N) is 2. The normalized spacial score (nSPS) is 23.3. The maximum Gasteiger partial charge on any atom is 0.245 e. The summed E-state index contributed by atoms with van der Waals surface area (Å²) in [4.78, 5) is 54.4. The third-order valence-electron chi connectivity index (χ3n) is 11.4. The minimum atomic E-state index is -0.268. The lowest BCUT2D eigenvalue weighted by Crippen LogP contribution is -2.44. The summed E-state index contributed by atoms with van der Waals surface area (Å²) in [5.74, 6) is 1.98. The summed E-state index contributed by atoms with van der Waals surface area (Å²) in [7, 11) is 0. The minimum Gasteiger partial charge on any atom is -0.339 e. The van der Waals surface area contributed by atoms with E-state index in [-0.39, 0.29) is 36.0 Å². The Morgan fingerprint density at radius 2 is 0.940 bits per heavy atom. The number of hydrogen-bond donors (Lipinski definition) is 2. The Labute approximate surface area is 295 Å². The van der Waals surface area contributed by atoms with Crippen molar-refractivity contribution in [1.29, 1.82) is 0 Å². The van der Waals surface area contributed by atoms with E-state index in [1.807, 2.05) is 48.8 Å². The van der Waals surface area contributed by atoms with E-state index in [1.54, 1.807) is 0 Å². The molecule has 262 valence electrons. The van der Waals surface area contributed by atoms with Gasteiger partial charge < -0.3 is 19.8 Å². The highest BCUT2D eigenvalue weighted by Gasteiger charge is 2.40. The van der Waals surface area contributed by atoms with Gasteiger partial charge in [-0.2, -0.15) is 0 Å². The number of benzene rings is 2. The van der Waals surface area contributed by atoms with Crippen LogP contribution in [0.1, 0.15) is 111 Å². The SMILES string of the molecule is O=C([C@@H](c1ccccc1)N1CCCCC1)N1CCC[C@H]1c1ncc(-c2cnc([C@@H]3CCCN3C(=O)[C@@H](c3ccccc3)N3CCCCC3)[nH]2)[nH]1. The number of aromatic amines is 2. The number of carbonyl (C=O) groups is 2. The first kappa shape index (κ1) is 32.9. The van der Waals surface area contributed by atoms with Gasteiger partial charge in [0.2, 0.25) is 11.8 Å². The Morgan fingerprint density at radius 3 is 1.34 bits per heavy atom. The highest BCUT2D eigenvalue weighted by atomic mass is 16.2. The Morgan fingerprint density at radius 1 is 0.540 bits per heavy atom. The zero-order chi connectivity index (χ0) is 33.9. The second-order valence-corrected chi connectivity index (χ2v) is 14.6. The zero-order valence-electron chi connectivity index (χ0n) is 29.1. The Kier molecular flexibility index (Phi) is 9.81. The summed E-state index contributed by atoms with van der Waals surface area (Å²) in [5.41, 5.74) is 3.83. The standard InChI is InChI=1S/C40H50N8O2/c49-39(35(29-15-5-1-6-16-29)45-21-9-3-10-22-45)47-25-13-19-33(47)37-41-27-31(43-37)32-28-42-38(44-32)34-20-14-26-48(34)40(50)36(30-17-7-2-8-18-30)46-23-11-4-12-24-46/h1-2,5-8,15-18,27-28,33-36H,3-4,9-14,19-26H2,(H,41,43)(H,42,44)/t33-,34-,35+,36+/m0/s1. The first-order valence-electron chi connectivity index (χ1n) is 18.9. The van der Waals surface area contributed by atoms with Crippen molar-refractivity contribution in [2.24, 2.45) is 0 Å². The molecule has 0 radical (unpaired) electrons. The highest BCUT2D eigenvalue weighted by Crippen LogP contribution is 2.38. The summed E-state index contributed by atoms with van der Waals surface area (Å²) in [6.07, 6.45) is 14.4. The zero-order valence-corrected chi connectivity index (χ0v) is 29.1. The molecule has 4 aromatic rings. The van der Waals surface area contributed by atoms with E-state index in [0.29, 0.717) is 0 Å². The van der Waals surface area contributed by atoms with E-state index in [0.717, 1.165) is 125 Å². The molecule has 4 fully saturated rings. The number of hydrogen-bond acceptors (Lipinski definition) is 6. The number of rotatable bonds is 9. The van der Waals surface area contributed by atoms with Crippen LogP contribution in [-0.4, -0.2) is 90.6 Å². The van der Waals surface area contributed by atoms with Crippen LogP contribution in [0.5, 0.6) is 0 Å². The monoisotopic (exact) mass is 674 g/mol. The molecule has 2 aromatic heterocycles. The van der Waals surface area contributed by atoms with Crippen LogP contribution in [0, 0.1) is 0 Å². The highest BCUT2D eigenvalue weighted by molar-refractivity contribution is 5.84. The third-order valence-corrected chi connectivity index (χ3v) is 11.4. The predicted molar refractivity (Wildman–Crippen MR) is 193 cm³/mol. The van der Waals surface area contributed by atoms with E-state index in [4.69, 9.17) is 9.97 Å². The van der Waals surface area contributed by atoms with Crippen LogP contribution in [0.3, 0.4) is 0 Å². The molecule has 2 N–H and O–H groups in total. The Balaban J connectivity index is 0.998. The average Bonchev–Trinajstić information content (AvgIpc) is 4.00. The third kappa shape index (κ3) is 6.63. The molecule has 4 aliphatic heterocycles. The lowest BCUT2D eigenvalue weighted by molar-refractivity contribution is -0.139. The van der Waals surface area contributed by atoms with Gasteiger partial charge in [-0.05, 0) is 88.7 Å². The molecule has 0 unspecified atom stereocenters. The average molecular weight is 675 g/mol. The van der Waals surface area contributed by atoms with E-state index < -0.39 is 0 Å². The molecular weight excluding hydrogens is 624 g/mol. The van der Waals surface area contributed by atoms with Gasteiger partial charge in [-0.1, -0.05) is 73.5 Å². The van der Waals surface area contributed by atoms with E-state index in [2.05, 4.69) is 53.8 Å². The fourth-order valence-corrected chi connectivity index (χ4v) is 8.87. The first-order chi connectivity index (χ1) is 24.7. The van der Waals surface area contributed by atoms with Crippen molar-refractivity contribution < 1.29 is 9.59 Å². The molecule has 2 aromatic carbocycles. The van der Waals surface area contributed by atoms with Gasteiger partial charge in [0.25, 0.3) is 0 Å². The van der Waals surface area contributed by atoms with E-state index in [1.165, 1.54) is 12.8 Å². The van der Waals surface area contributed by atoms with Crippen LogP contribution < -0.4 is 0 Å². The summed E-state index contributed by atoms with van der Waals surface area (Å²) in [6.45, 7) is 5.27. The van der Waals surface area contributed by atoms with Gasteiger partial charge in [0.15, 0.2) is 0 Å². The number of piperidine rings is 2. The number of aromatic nitrogens is 4. The van der Waals surface area contributed by atoms with Crippen LogP contribution in [0.4, 0.5) is 0 Å². The smallest absolute Gasteiger partial charge is 0.245 e. The van der Waals surface area contributed by atoms with Gasteiger partial charge in [0, 0.05) is 13.1 Å². The van der Waals surface area contributed by atoms with Gasteiger partial charge in [0.05, 0.1) is 35.9 Å². The summed E-state index contributed by atoms with van der Waals surface area (Å²) >= 11 is 0. The van der Waals surface area contributed by atoms with Gasteiger partial charge in [-0.3, -0.25) is 19.4 Å². The number of imidazole rings is 2. The van der Waals surface area contributed by atoms with Crippen LogP contribution in [0.25, 0.3) is 11.4 Å². The van der Waals surface area contributed by atoms with Crippen molar-refractivity contribution in [3.63, 3.8) is 0 Å². The maximum atomic E-state index is 14.4. The number of amides is 2. The van der Waals surface area contributed by atoms with E-state index >= 15 is 0 Å². The van der Waals surface area contributed by atoms with Crippen molar-refractivity contribution in [3.05, 3.63) is 95.8 Å². The number of carbonyl (C=O) groups excluding carboxylic acids is 2. The molecule has 0 aliphatic carbocycles. The van der Waals surface area contributed by atoms with Crippen LogP contribution in [-0.2, 0) is 9.59 Å². The molecule has 0 spiro atoms. The van der Waals surface area contributed by atoms with Crippen molar-refractivity contribution >= 4 is 11.8 Å². The molecule has 0 bridgehead atoms.